The summed E-state index contributed by atoms with van der Waals surface area (Å²) in [6, 6.07) is 5.05. The highest BCUT2D eigenvalue weighted by atomic mass is 79.9. The van der Waals surface area contributed by atoms with Gasteiger partial charge in [-0.2, -0.15) is 5.26 Å². The highest BCUT2D eigenvalue weighted by molar-refractivity contribution is 9.10. The predicted molar refractivity (Wildman–Crippen MR) is 54.6 cm³/mol. The van der Waals surface area contributed by atoms with E-state index in [0.717, 1.165) is 0 Å². The third-order valence-corrected chi connectivity index (χ3v) is 2.13. The predicted octanol–water partition coefficient (Wildman–Crippen LogP) is 1.53. The number of anilines is 1. The molecule has 0 aliphatic rings. The Morgan fingerprint density at radius 2 is 2.29 bits per heavy atom. The molecule has 1 aromatic carbocycles. The lowest BCUT2D eigenvalue weighted by Crippen LogP contribution is -2.04. The summed E-state index contributed by atoms with van der Waals surface area (Å²) in [5.74, 6) is -0.987. The average molecular weight is 255 g/mol. The summed E-state index contributed by atoms with van der Waals surface area (Å²) in [5.41, 5.74) is 6.51. The van der Waals surface area contributed by atoms with Crippen LogP contribution in [0.1, 0.15) is 11.1 Å². The first-order valence-electron chi connectivity index (χ1n) is 3.74. The monoisotopic (exact) mass is 254 g/mol. The molecule has 4 nitrogen and oxygen atoms in total. The van der Waals surface area contributed by atoms with E-state index >= 15 is 0 Å². The minimum atomic E-state index is -0.987. The van der Waals surface area contributed by atoms with Gasteiger partial charge in [0.2, 0.25) is 0 Å². The zero-order chi connectivity index (χ0) is 10.7. The Morgan fingerprint density at radius 3 is 2.79 bits per heavy atom. The van der Waals surface area contributed by atoms with Crippen LogP contribution in [0.25, 0.3) is 0 Å². The Kier molecular flexibility index (Phi) is 3.10. The van der Waals surface area contributed by atoms with Gasteiger partial charge < -0.3 is 10.8 Å². The van der Waals surface area contributed by atoms with E-state index in [-0.39, 0.29) is 17.7 Å². The van der Waals surface area contributed by atoms with Crippen molar-refractivity contribution < 1.29 is 9.90 Å². The lowest BCUT2D eigenvalue weighted by molar-refractivity contribution is -0.136. The molecule has 0 aromatic heterocycles. The van der Waals surface area contributed by atoms with Crippen LogP contribution in [-0.4, -0.2) is 11.1 Å². The minimum absolute atomic E-state index is 0.202. The largest absolute Gasteiger partial charge is 0.481 e. The molecular formula is C9H7BrN2O2. The van der Waals surface area contributed by atoms with Crippen LogP contribution in [0.3, 0.4) is 0 Å². The second-order valence-electron chi connectivity index (χ2n) is 2.71. The van der Waals surface area contributed by atoms with Crippen molar-refractivity contribution >= 4 is 27.6 Å². The fourth-order valence-electron chi connectivity index (χ4n) is 1.13. The molecule has 1 aromatic rings. The molecule has 0 aliphatic carbocycles. The first-order valence-corrected chi connectivity index (χ1v) is 4.53. The molecule has 3 N–H and O–H groups in total. The summed E-state index contributed by atoms with van der Waals surface area (Å²) in [6.45, 7) is 0. The lowest BCUT2D eigenvalue weighted by Gasteiger charge is -2.04. The van der Waals surface area contributed by atoms with E-state index in [1.807, 2.05) is 6.07 Å². The molecule has 0 bridgehead atoms. The molecule has 0 atom stereocenters. The van der Waals surface area contributed by atoms with Crippen LogP contribution in [-0.2, 0) is 11.2 Å². The van der Waals surface area contributed by atoms with Gasteiger partial charge >= 0.3 is 5.97 Å². The smallest absolute Gasteiger partial charge is 0.307 e. The van der Waals surface area contributed by atoms with Crippen molar-refractivity contribution in [2.45, 2.75) is 6.42 Å². The number of carboxylic acid groups (broad SMARTS) is 1. The Labute approximate surface area is 89.1 Å². The van der Waals surface area contributed by atoms with E-state index in [4.69, 9.17) is 16.1 Å². The number of benzene rings is 1. The van der Waals surface area contributed by atoms with Crippen molar-refractivity contribution in [3.63, 3.8) is 0 Å². The molecule has 14 heavy (non-hydrogen) atoms. The Bertz CT molecular complexity index is 424. The Morgan fingerprint density at radius 1 is 1.64 bits per heavy atom. The van der Waals surface area contributed by atoms with Gasteiger partial charge in [0.1, 0.15) is 6.07 Å². The number of hydrogen-bond donors (Lipinski definition) is 2. The topological polar surface area (TPSA) is 87.1 Å². The van der Waals surface area contributed by atoms with Gasteiger partial charge in [-0.1, -0.05) is 15.9 Å². The van der Waals surface area contributed by atoms with Gasteiger partial charge in [-0.05, 0) is 17.7 Å². The fourth-order valence-corrected chi connectivity index (χ4v) is 1.65. The van der Waals surface area contributed by atoms with Gasteiger partial charge in [-0.25, -0.2) is 0 Å². The van der Waals surface area contributed by atoms with Gasteiger partial charge in [0, 0.05) is 4.47 Å². The van der Waals surface area contributed by atoms with Crippen LogP contribution in [0.4, 0.5) is 5.69 Å². The minimum Gasteiger partial charge on any atom is -0.481 e. The van der Waals surface area contributed by atoms with Crippen molar-refractivity contribution in [2.24, 2.45) is 0 Å². The molecule has 0 saturated heterocycles. The Balaban J connectivity index is 3.26. The first-order chi connectivity index (χ1) is 6.54. The zero-order valence-corrected chi connectivity index (χ0v) is 8.71. The fraction of sp³-hybridized carbons (Fsp3) is 0.111. The zero-order valence-electron chi connectivity index (χ0n) is 7.12. The van der Waals surface area contributed by atoms with Crippen molar-refractivity contribution in [3.05, 3.63) is 27.7 Å². The average Bonchev–Trinajstić information content (AvgIpc) is 2.01. The van der Waals surface area contributed by atoms with Gasteiger partial charge in [-0.15, -0.1) is 0 Å². The van der Waals surface area contributed by atoms with Gasteiger partial charge in [0.15, 0.2) is 0 Å². The molecule has 5 heteroatoms. The number of nitriles is 1. The van der Waals surface area contributed by atoms with E-state index in [9.17, 15) is 4.79 Å². The van der Waals surface area contributed by atoms with E-state index in [0.29, 0.717) is 10.0 Å². The van der Waals surface area contributed by atoms with Crippen LogP contribution in [0, 0.1) is 11.3 Å². The second kappa shape index (κ2) is 4.11. The summed E-state index contributed by atoms with van der Waals surface area (Å²) < 4.78 is 0.672. The third-order valence-electron chi connectivity index (χ3n) is 1.67. The number of aliphatic carboxylic acids is 1. The number of nitrogens with two attached hydrogens (primary N) is 1. The number of nitrogens with zero attached hydrogens (tertiary/aromatic N) is 1. The van der Waals surface area contributed by atoms with E-state index in [2.05, 4.69) is 15.9 Å². The quantitative estimate of drug-likeness (QED) is 0.784. The molecule has 0 saturated carbocycles. The molecule has 0 heterocycles. The molecule has 0 unspecified atom stereocenters. The van der Waals surface area contributed by atoms with E-state index in [1.165, 1.54) is 0 Å². The molecule has 0 spiro atoms. The van der Waals surface area contributed by atoms with Crippen LogP contribution in [0.15, 0.2) is 16.6 Å². The first kappa shape index (κ1) is 10.5. The maximum Gasteiger partial charge on any atom is 0.307 e. The third kappa shape index (κ3) is 2.24. The van der Waals surface area contributed by atoms with Crippen LogP contribution < -0.4 is 5.73 Å². The van der Waals surface area contributed by atoms with Crippen LogP contribution in [0.5, 0.6) is 0 Å². The standard InChI is InChI=1S/C9H7BrN2O2/c10-6-1-5(2-9(13)14)7(4-11)8(12)3-6/h1,3H,2,12H2,(H,13,14). The molecule has 0 aliphatic heterocycles. The normalized spacial score (nSPS) is 9.43. The number of hydrogen-bond acceptors (Lipinski definition) is 3. The van der Waals surface area contributed by atoms with Crippen LogP contribution >= 0.6 is 15.9 Å². The highest BCUT2D eigenvalue weighted by Crippen LogP contribution is 2.23. The number of rotatable bonds is 2. The summed E-state index contributed by atoms with van der Waals surface area (Å²) >= 11 is 3.18. The number of carboxylic acids is 1. The number of nitrogen functional groups attached to an aromatic ring is 1. The summed E-state index contributed by atoms with van der Waals surface area (Å²) in [7, 11) is 0. The second-order valence-corrected chi connectivity index (χ2v) is 3.63. The number of carbonyl (C=O) groups is 1. The lowest BCUT2D eigenvalue weighted by atomic mass is 10.0. The molecule has 1 rings (SSSR count). The van der Waals surface area contributed by atoms with E-state index in [1.54, 1.807) is 12.1 Å². The summed E-state index contributed by atoms with van der Waals surface area (Å²) in [5, 5.41) is 17.4. The van der Waals surface area contributed by atoms with Crippen LogP contribution in [0.2, 0.25) is 0 Å². The Hall–Kier alpha value is -1.54. The van der Waals surface area contributed by atoms with Gasteiger partial charge in [0.05, 0.1) is 17.7 Å². The number of halogens is 1. The maximum atomic E-state index is 10.5. The van der Waals surface area contributed by atoms with Crippen molar-refractivity contribution in [2.75, 3.05) is 5.73 Å². The molecule has 72 valence electrons. The molecular weight excluding hydrogens is 248 g/mol. The summed E-state index contributed by atoms with van der Waals surface area (Å²) in [6.07, 6.45) is -0.202. The van der Waals surface area contributed by atoms with Crippen molar-refractivity contribution in [1.29, 1.82) is 5.26 Å². The van der Waals surface area contributed by atoms with E-state index < -0.39 is 5.97 Å². The van der Waals surface area contributed by atoms with Gasteiger partial charge in [0.25, 0.3) is 0 Å². The highest BCUT2D eigenvalue weighted by Gasteiger charge is 2.10. The molecule has 0 radical (unpaired) electrons. The molecule has 0 amide bonds. The molecule has 0 fully saturated rings. The summed E-state index contributed by atoms with van der Waals surface area (Å²) in [4.78, 5) is 10.5. The van der Waals surface area contributed by atoms with Crippen molar-refractivity contribution in [1.82, 2.24) is 0 Å². The van der Waals surface area contributed by atoms with Crippen molar-refractivity contribution in [3.8, 4) is 6.07 Å². The van der Waals surface area contributed by atoms with Gasteiger partial charge in [-0.3, -0.25) is 4.79 Å². The maximum absolute atomic E-state index is 10.5. The SMILES string of the molecule is N#Cc1c(N)cc(Br)cc1CC(=O)O.